The van der Waals surface area contributed by atoms with Gasteiger partial charge in [-0.2, -0.15) is 11.8 Å². The van der Waals surface area contributed by atoms with Gasteiger partial charge in [-0.05, 0) is 6.92 Å². The van der Waals surface area contributed by atoms with Crippen LogP contribution in [0.5, 0.6) is 0 Å². The van der Waals surface area contributed by atoms with E-state index < -0.39 is 0 Å². The Hall–Kier alpha value is -0.750. The van der Waals surface area contributed by atoms with Crippen LogP contribution in [0.2, 0.25) is 0 Å². The number of hydrogen-bond acceptors (Lipinski definition) is 6. The van der Waals surface area contributed by atoms with Crippen LogP contribution < -0.4 is 4.90 Å². The number of methoxy groups -OCH3 is 1. The first-order valence-corrected chi connectivity index (χ1v) is 7.40. The number of aromatic nitrogens is 1. The number of ether oxygens (including phenoxy) is 1. The molecule has 1 atom stereocenters. The second kappa shape index (κ2) is 5.27. The van der Waals surface area contributed by atoms with Gasteiger partial charge in [0.05, 0.1) is 12.8 Å². The molecule has 0 amide bonds. The van der Waals surface area contributed by atoms with Gasteiger partial charge in [0.1, 0.15) is 4.88 Å². The van der Waals surface area contributed by atoms with Crippen LogP contribution >= 0.6 is 23.1 Å². The van der Waals surface area contributed by atoms with E-state index in [4.69, 9.17) is 4.74 Å². The maximum absolute atomic E-state index is 11.5. The van der Waals surface area contributed by atoms with Gasteiger partial charge in [-0.3, -0.25) is 0 Å². The minimum Gasteiger partial charge on any atom is -0.465 e. The summed E-state index contributed by atoms with van der Waals surface area (Å²) in [5.41, 5.74) is 0.766. The summed E-state index contributed by atoms with van der Waals surface area (Å²) in [6.07, 6.45) is 0. The molecule has 1 fully saturated rings. The van der Waals surface area contributed by atoms with E-state index in [0.29, 0.717) is 10.1 Å². The highest BCUT2D eigenvalue weighted by molar-refractivity contribution is 8.00. The van der Waals surface area contributed by atoms with Crippen molar-refractivity contribution < 1.29 is 9.53 Å². The van der Waals surface area contributed by atoms with Crippen molar-refractivity contribution in [3.05, 3.63) is 10.6 Å². The molecular formula is C11H16N2O2S2. The highest BCUT2D eigenvalue weighted by Gasteiger charge is 2.23. The van der Waals surface area contributed by atoms with E-state index in [9.17, 15) is 4.79 Å². The van der Waals surface area contributed by atoms with Crippen LogP contribution in [0.25, 0.3) is 0 Å². The number of nitrogens with zero attached hydrogens (tertiary/aromatic N) is 2. The maximum atomic E-state index is 11.5. The largest absolute Gasteiger partial charge is 0.465 e. The smallest absolute Gasteiger partial charge is 0.350 e. The summed E-state index contributed by atoms with van der Waals surface area (Å²) in [4.78, 5) is 18.9. The van der Waals surface area contributed by atoms with Crippen molar-refractivity contribution in [1.82, 2.24) is 4.98 Å². The molecule has 2 rings (SSSR count). The molecule has 94 valence electrons. The number of esters is 1. The van der Waals surface area contributed by atoms with Gasteiger partial charge in [-0.25, -0.2) is 9.78 Å². The molecule has 2 heterocycles. The molecule has 17 heavy (non-hydrogen) atoms. The van der Waals surface area contributed by atoms with Crippen LogP contribution in [0.15, 0.2) is 0 Å². The van der Waals surface area contributed by atoms with E-state index in [0.717, 1.165) is 29.7 Å². The zero-order valence-electron chi connectivity index (χ0n) is 10.2. The van der Waals surface area contributed by atoms with E-state index in [1.165, 1.54) is 18.4 Å². The van der Waals surface area contributed by atoms with Crippen LogP contribution in [0.1, 0.15) is 22.3 Å². The number of carbonyl (C=O) groups excluding carboxylic acids is 1. The lowest BCUT2D eigenvalue weighted by atomic mass is 10.4. The number of thiazole rings is 1. The molecule has 0 aromatic carbocycles. The normalized spacial score (nSPS) is 20.4. The fourth-order valence-corrected chi connectivity index (χ4v) is 3.83. The average molecular weight is 272 g/mol. The molecule has 0 bridgehead atoms. The highest BCUT2D eigenvalue weighted by atomic mass is 32.2. The number of anilines is 1. The van der Waals surface area contributed by atoms with E-state index in [-0.39, 0.29) is 5.97 Å². The summed E-state index contributed by atoms with van der Waals surface area (Å²) < 4.78 is 4.75. The van der Waals surface area contributed by atoms with Crippen LogP contribution in [-0.2, 0) is 4.74 Å². The quantitative estimate of drug-likeness (QED) is 0.772. The van der Waals surface area contributed by atoms with Gasteiger partial charge < -0.3 is 9.64 Å². The van der Waals surface area contributed by atoms with E-state index in [1.807, 2.05) is 18.7 Å². The van der Waals surface area contributed by atoms with Gasteiger partial charge in [0.15, 0.2) is 5.13 Å². The van der Waals surface area contributed by atoms with Crippen LogP contribution in [0.3, 0.4) is 0 Å². The predicted octanol–water partition coefficient (Wildman–Crippen LogP) is 2.18. The van der Waals surface area contributed by atoms with E-state index >= 15 is 0 Å². The summed E-state index contributed by atoms with van der Waals surface area (Å²) in [5.74, 6) is 0.832. The summed E-state index contributed by atoms with van der Waals surface area (Å²) in [7, 11) is 1.40. The third-order valence-electron chi connectivity index (χ3n) is 2.67. The minimum absolute atomic E-state index is 0.286. The van der Waals surface area contributed by atoms with Gasteiger partial charge in [0.25, 0.3) is 0 Å². The summed E-state index contributed by atoms with van der Waals surface area (Å²) >= 11 is 3.41. The molecule has 0 aliphatic carbocycles. The Kier molecular flexibility index (Phi) is 3.93. The number of thioether (sulfide) groups is 1. The number of carbonyl (C=O) groups is 1. The molecule has 4 nitrogen and oxygen atoms in total. The van der Waals surface area contributed by atoms with Crippen molar-refractivity contribution >= 4 is 34.2 Å². The lowest BCUT2D eigenvalue weighted by Crippen LogP contribution is -2.36. The van der Waals surface area contributed by atoms with Crippen molar-refractivity contribution in [2.24, 2.45) is 0 Å². The Labute approximate surface area is 109 Å². The van der Waals surface area contributed by atoms with Gasteiger partial charge >= 0.3 is 5.97 Å². The summed E-state index contributed by atoms with van der Waals surface area (Å²) in [6.45, 7) is 6.08. The SMILES string of the molecule is COC(=O)c1sc(N2CCSC(C)C2)nc1C. The van der Waals surface area contributed by atoms with E-state index in [2.05, 4.69) is 16.8 Å². The first-order chi connectivity index (χ1) is 8.11. The predicted molar refractivity (Wildman–Crippen MR) is 72.3 cm³/mol. The van der Waals surface area contributed by atoms with Crippen molar-refractivity contribution in [2.75, 3.05) is 30.9 Å². The highest BCUT2D eigenvalue weighted by Crippen LogP contribution is 2.30. The van der Waals surface area contributed by atoms with E-state index in [1.54, 1.807) is 0 Å². The molecule has 1 unspecified atom stereocenters. The fraction of sp³-hybridized carbons (Fsp3) is 0.636. The number of hydrogen-bond donors (Lipinski definition) is 0. The summed E-state index contributed by atoms with van der Waals surface area (Å²) in [6, 6.07) is 0. The van der Waals surface area contributed by atoms with Crippen molar-refractivity contribution in [3.8, 4) is 0 Å². The minimum atomic E-state index is -0.286. The monoisotopic (exact) mass is 272 g/mol. The fourth-order valence-electron chi connectivity index (χ4n) is 1.79. The Bertz CT molecular complexity index is 420. The molecule has 0 saturated carbocycles. The maximum Gasteiger partial charge on any atom is 0.350 e. The Morgan fingerprint density at radius 1 is 1.59 bits per heavy atom. The van der Waals surface area contributed by atoms with Crippen LogP contribution in [0.4, 0.5) is 5.13 Å². The molecule has 0 spiro atoms. The van der Waals surface area contributed by atoms with Gasteiger partial charge in [-0.15, -0.1) is 0 Å². The first-order valence-electron chi connectivity index (χ1n) is 5.54. The van der Waals surface area contributed by atoms with Gasteiger partial charge in [-0.1, -0.05) is 18.3 Å². The third kappa shape index (κ3) is 2.74. The topological polar surface area (TPSA) is 42.4 Å². The Morgan fingerprint density at radius 2 is 2.35 bits per heavy atom. The van der Waals surface area contributed by atoms with Crippen molar-refractivity contribution in [2.45, 2.75) is 19.1 Å². The molecule has 1 aliphatic heterocycles. The molecule has 6 heteroatoms. The molecule has 0 N–H and O–H groups in total. The third-order valence-corrected chi connectivity index (χ3v) is 5.00. The van der Waals surface area contributed by atoms with Crippen molar-refractivity contribution in [3.63, 3.8) is 0 Å². The first kappa shape index (κ1) is 12.7. The molecule has 0 radical (unpaired) electrons. The molecule has 1 saturated heterocycles. The lowest BCUT2D eigenvalue weighted by Gasteiger charge is -2.30. The molecular weight excluding hydrogens is 256 g/mol. The Morgan fingerprint density at radius 3 is 3.00 bits per heavy atom. The zero-order valence-corrected chi connectivity index (χ0v) is 11.9. The van der Waals surface area contributed by atoms with Gasteiger partial charge in [0, 0.05) is 24.1 Å². The molecule has 1 aromatic heterocycles. The number of rotatable bonds is 2. The Balaban J connectivity index is 2.19. The van der Waals surface area contributed by atoms with Gasteiger partial charge in [0.2, 0.25) is 0 Å². The van der Waals surface area contributed by atoms with Crippen molar-refractivity contribution in [1.29, 1.82) is 0 Å². The molecule has 1 aromatic rings. The standard InChI is InChI=1S/C11H16N2O2S2/c1-7-6-13(4-5-16-7)11-12-8(2)9(17-11)10(14)15-3/h7H,4-6H2,1-3H3. The number of aryl methyl sites for hydroxylation is 1. The van der Waals surface area contributed by atoms with Crippen LogP contribution in [-0.4, -0.2) is 42.2 Å². The second-order valence-electron chi connectivity index (χ2n) is 4.03. The lowest BCUT2D eigenvalue weighted by molar-refractivity contribution is 0.0605. The molecule has 1 aliphatic rings. The average Bonchev–Trinajstić information content (AvgIpc) is 2.70. The van der Waals surface area contributed by atoms with Crippen LogP contribution in [0, 0.1) is 6.92 Å². The summed E-state index contributed by atoms with van der Waals surface area (Å²) in [5, 5.41) is 1.56. The zero-order chi connectivity index (χ0) is 12.4. The second-order valence-corrected chi connectivity index (χ2v) is 6.55.